The topological polar surface area (TPSA) is 77.8 Å². The fraction of sp³-hybridized carbons (Fsp3) is 0.350. The zero-order valence-electron chi connectivity index (χ0n) is 15.2. The lowest BCUT2D eigenvalue weighted by atomic mass is 9.92. The molecule has 2 aromatic carbocycles. The van der Waals surface area contributed by atoms with Crippen LogP contribution < -0.4 is 0 Å². The van der Waals surface area contributed by atoms with Crippen LogP contribution in [0.2, 0.25) is 0 Å². The van der Waals surface area contributed by atoms with Gasteiger partial charge < -0.3 is 5.11 Å². The van der Waals surface area contributed by atoms with Crippen molar-refractivity contribution in [3.05, 3.63) is 63.7 Å². The number of carbonyl (C=O) groups excluding carboxylic acids is 1. The van der Waals surface area contributed by atoms with Crippen LogP contribution in [0, 0.1) is 13.8 Å². The molecule has 0 radical (unpaired) electrons. The molecule has 2 rings (SSSR count). The molecular weight excluding hydrogens is 335 g/mol. The van der Waals surface area contributed by atoms with Crippen LogP contribution in [0.3, 0.4) is 0 Å². The van der Waals surface area contributed by atoms with E-state index in [1.165, 1.54) is 5.56 Å². The second kappa shape index (κ2) is 7.65. The summed E-state index contributed by atoms with van der Waals surface area (Å²) in [6.45, 7) is 8.09. The lowest BCUT2D eigenvalue weighted by Gasteiger charge is -2.15. The Morgan fingerprint density at radius 1 is 1.04 bits per heavy atom. The monoisotopic (exact) mass is 361 g/mol. The SMILES string of the molecule is Cc1cc(C[P+](O)(O)C=O)cc(C)c1Cc1ccc(O)c(C(C)C)c1. The second-order valence-corrected chi connectivity index (χ2v) is 9.08. The lowest BCUT2D eigenvalue weighted by Crippen LogP contribution is -2.02. The van der Waals surface area contributed by atoms with Gasteiger partial charge in [-0.25, -0.2) is 9.79 Å². The number of hydrogen-bond acceptors (Lipinski definition) is 4. The molecule has 2 aromatic rings. The molecule has 4 nitrogen and oxygen atoms in total. The van der Waals surface area contributed by atoms with Crippen LogP contribution in [0.1, 0.15) is 53.1 Å². The third-order valence-electron chi connectivity index (χ3n) is 4.43. The van der Waals surface area contributed by atoms with Gasteiger partial charge in [0.25, 0.3) is 0 Å². The minimum Gasteiger partial charge on any atom is -0.508 e. The summed E-state index contributed by atoms with van der Waals surface area (Å²) in [5.74, 6) is 0.571. The van der Waals surface area contributed by atoms with Crippen molar-refractivity contribution < 1.29 is 19.7 Å². The highest BCUT2D eigenvalue weighted by Crippen LogP contribution is 2.50. The summed E-state index contributed by atoms with van der Waals surface area (Å²) in [5.41, 5.74) is 6.11. The largest absolute Gasteiger partial charge is 0.508 e. The highest BCUT2D eigenvalue weighted by molar-refractivity contribution is 7.78. The van der Waals surface area contributed by atoms with E-state index in [1.54, 1.807) is 6.07 Å². The van der Waals surface area contributed by atoms with E-state index in [1.807, 2.05) is 38.1 Å². The molecule has 5 heteroatoms. The maximum Gasteiger partial charge on any atom is 0.338 e. The zero-order valence-corrected chi connectivity index (χ0v) is 16.0. The highest BCUT2D eigenvalue weighted by atomic mass is 31.2. The van der Waals surface area contributed by atoms with Gasteiger partial charge >= 0.3 is 13.7 Å². The molecule has 134 valence electrons. The molecule has 0 aliphatic carbocycles. The first-order valence-corrected chi connectivity index (χ1v) is 10.3. The number of aryl methyl sites for hydroxylation is 2. The Morgan fingerprint density at radius 3 is 2.16 bits per heavy atom. The number of hydrogen-bond donors (Lipinski definition) is 3. The summed E-state index contributed by atoms with van der Waals surface area (Å²) in [6.07, 6.45) is 0.722. The van der Waals surface area contributed by atoms with Gasteiger partial charge in [-0.2, -0.15) is 0 Å². The Kier molecular flexibility index (Phi) is 5.99. The Hall–Kier alpha value is -1.74. The van der Waals surface area contributed by atoms with Gasteiger partial charge in [0.1, 0.15) is 11.9 Å². The second-order valence-electron chi connectivity index (χ2n) is 6.98. The van der Waals surface area contributed by atoms with Crippen molar-refractivity contribution in [2.24, 2.45) is 0 Å². The molecule has 0 aromatic heterocycles. The third kappa shape index (κ3) is 4.88. The van der Waals surface area contributed by atoms with Crippen LogP contribution in [0.25, 0.3) is 0 Å². The van der Waals surface area contributed by atoms with Crippen LogP contribution in [-0.2, 0) is 17.4 Å². The standard InChI is InChI=1S/C20H25O4P/c1-13(2)18-9-16(5-6-20(18)22)10-19-14(3)7-17(8-15(19)4)11-25(23,24)12-21/h5-9,12-13,23-24H,10-11H2,1-4H3/p+1. The van der Waals surface area contributed by atoms with Crippen molar-refractivity contribution in [2.45, 2.75) is 46.2 Å². The number of rotatable bonds is 6. The molecular formula is C20H26O4P+. The maximum atomic E-state index is 10.8. The Bertz CT molecular complexity index is 758. The van der Waals surface area contributed by atoms with Crippen LogP contribution in [0.5, 0.6) is 5.75 Å². The quantitative estimate of drug-likeness (QED) is 0.531. The Morgan fingerprint density at radius 2 is 1.64 bits per heavy atom. The van der Waals surface area contributed by atoms with Crippen molar-refractivity contribution in [3.63, 3.8) is 0 Å². The number of benzene rings is 2. The van der Waals surface area contributed by atoms with E-state index in [0.29, 0.717) is 5.75 Å². The van der Waals surface area contributed by atoms with E-state index < -0.39 is 7.72 Å². The normalized spacial score (nSPS) is 11.8. The smallest absolute Gasteiger partial charge is 0.338 e. The molecule has 0 aliphatic heterocycles. The Balaban J connectivity index is 2.32. The van der Waals surface area contributed by atoms with Gasteiger partial charge in [0.05, 0.1) is 0 Å². The molecule has 0 heterocycles. The molecule has 0 aliphatic rings. The fourth-order valence-corrected chi connectivity index (χ4v) is 3.93. The van der Waals surface area contributed by atoms with Crippen molar-refractivity contribution >= 4 is 13.7 Å². The van der Waals surface area contributed by atoms with Gasteiger partial charge in [-0.15, -0.1) is 0 Å². The number of phenols is 1. The van der Waals surface area contributed by atoms with Crippen LogP contribution >= 0.6 is 7.72 Å². The summed E-state index contributed by atoms with van der Waals surface area (Å²) in [4.78, 5) is 30.0. The molecule has 3 N–H and O–H groups in total. The van der Waals surface area contributed by atoms with Gasteiger partial charge in [-0.05, 0) is 65.6 Å². The molecule has 0 atom stereocenters. The first-order valence-electron chi connectivity index (χ1n) is 8.33. The molecule has 0 unspecified atom stereocenters. The van der Waals surface area contributed by atoms with Crippen LogP contribution in [-0.4, -0.2) is 20.9 Å². The lowest BCUT2D eigenvalue weighted by molar-refractivity contribution is 0.456. The van der Waals surface area contributed by atoms with Crippen molar-refractivity contribution in [1.29, 1.82) is 0 Å². The molecule has 0 bridgehead atoms. The number of carbonyl (C=O) groups is 1. The first kappa shape index (κ1) is 19.6. The minimum absolute atomic E-state index is 0.0187. The number of aromatic hydroxyl groups is 1. The fourth-order valence-electron chi connectivity index (χ4n) is 3.14. The highest BCUT2D eigenvalue weighted by Gasteiger charge is 2.33. The molecule has 0 spiro atoms. The summed E-state index contributed by atoms with van der Waals surface area (Å²) in [6, 6.07) is 9.79. The van der Waals surface area contributed by atoms with E-state index in [-0.39, 0.29) is 18.1 Å². The van der Waals surface area contributed by atoms with Crippen molar-refractivity contribution in [1.82, 2.24) is 0 Å². The molecule has 0 fully saturated rings. The van der Waals surface area contributed by atoms with E-state index in [4.69, 9.17) is 0 Å². The predicted octanol–water partition coefficient (Wildman–Crippen LogP) is 4.25. The summed E-state index contributed by atoms with van der Waals surface area (Å²) in [7, 11) is -3.50. The Labute approximate surface area is 149 Å². The van der Waals surface area contributed by atoms with Gasteiger partial charge in [0.15, 0.2) is 0 Å². The summed E-state index contributed by atoms with van der Waals surface area (Å²) in [5, 5.41) is 9.98. The average molecular weight is 361 g/mol. The van der Waals surface area contributed by atoms with Crippen LogP contribution in [0.15, 0.2) is 30.3 Å². The van der Waals surface area contributed by atoms with Crippen molar-refractivity contribution in [3.8, 4) is 5.75 Å². The predicted molar refractivity (Wildman–Crippen MR) is 103 cm³/mol. The number of phenolic OH excluding ortho intramolecular Hbond substituents is 1. The molecule has 0 amide bonds. The van der Waals surface area contributed by atoms with Crippen LogP contribution in [0.4, 0.5) is 0 Å². The van der Waals surface area contributed by atoms with E-state index in [0.717, 1.165) is 34.2 Å². The van der Waals surface area contributed by atoms with E-state index >= 15 is 0 Å². The summed E-state index contributed by atoms with van der Waals surface area (Å²) < 4.78 is 0. The zero-order chi connectivity index (χ0) is 18.8. The molecule has 0 saturated carbocycles. The maximum absolute atomic E-state index is 10.8. The van der Waals surface area contributed by atoms with Gasteiger partial charge in [-0.3, -0.25) is 4.79 Å². The van der Waals surface area contributed by atoms with Crippen molar-refractivity contribution in [2.75, 3.05) is 0 Å². The van der Waals surface area contributed by atoms with Gasteiger partial charge in [0.2, 0.25) is 0 Å². The molecule has 25 heavy (non-hydrogen) atoms. The van der Waals surface area contributed by atoms with E-state index in [2.05, 4.69) is 13.8 Å². The minimum atomic E-state index is -3.50. The average Bonchev–Trinajstić information content (AvgIpc) is 2.51. The first-order chi connectivity index (χ1) is 11.6. The third-order valence-corrected chi connectivity index (χ3v) is 5.60. The summed E-state index contributed by atoms with van der Waals surface area (Å²) >= 11 is 0. The van der Waals surface area contributed by atoms with Gasteiger partial charge in [0, 0.05) is 0 Å². The molecule has 0 saturated heterocycles. The van der Waals surface area contributed by atoms with E-state index in [9.17, 15) is 19.7 Å². The van der Waals surface area contributed by atoms with Gasteiger partial charge in [-0.1, -0.05) is 38.1 Å².